The minimum Gasteiger partial charge on any atom is -0.482 e. The van der Waals surface area contributed by atoms with Gasteiger partial charge in [-0.3, -0.25) is 4.79 Å². The predicted molar refractivity (Wildman–Crippen MR) is 89.3 cm³/mol. The molecule has 0 saturated carbocycles. The molecule has 1 amide bonds. The van der Waals surface area contributed by atoms with Crippen LogP contribution in [0, 0.1) is 13.8 Å². The molecule has 1 aromatic heterocycles. The lowest BCUT2D eigenvalue weighted by atomic mass is 10.2. The van der Waals surface area contributed by atoms with Crippen LogP contribution in [0.2, 0.25) is 5.02 Å². The molecule has 0 spiro atoms. The summed E-state index contributed by atoms with van der Waals surface area (Å²) >= 11 is 9.50. The number of rotatable bonds is 5. The lowest BCUT2D eigenvalue weighted by Crippen LogP contribution is -2.30. The molecular formula is C16H17BrClNO3. The number of hydrogen-bond donors (Lipinski definition) is 0. The molecule has 1 heterocycles. The molecule has 2 aromatic rings. The zero-order chi connectivity index (χ0) is 16.3. The zero-order valence-electron chi connectivity index (χ0n) is 12.7. The number of carbonyl (C=O) groups excluding carboxylic acids is 1. The largest absolute Gasteiger partial charge is 0.482 e. The van der Waals surface area contributed by atoms with Gasteiger partial charge in [0.1, 0.15) is 17.3 Å². The van der Waals surface area contributed by atoms with E-state index in [1.807, 2.05) is 32.0 Å². The molecule has 0 atom stereocenters. The van der Waals surface area contributed by atoms with Crippen LogP contribution in [0.3, 0.4) is 0 Å². The monoisotopic (exact) mass is 385 g/mol. The van der Waals surface area contributed by atoms with Crippen molar-refractivity contribution in [1.29, 1.82) is 0 Å². The molecule has 0 radical (unpaired) electrons. The van der Waals surface area contributed by atoms with Crippen molar-refractivity contribution in [3.63, 3.8) is 0 Å². The van der Waals surface area contributed by atoms with E-state index in [1.54, 1.807) is 18.0 Å². The Bertz CT molecular complexity index is 661. The maximum Gasteiger partial charge on any atom is 0.260 e. The molecule has 0 aliphatic rings. The number of benzene rings is 1. The van der Waals surface area contributed by atoms with Gasteiger partial charge >= 0.3 is 0 Å². The van der Waals surface area contributed by atoms with E-state index in [0.29, 0.717) is 17.3 Å². The number of likely N-dealkylation sites (N-methyl/N-ethyl adjacent to an activating group) is 1. The fraction of sp³-hybridized carbons (Fsp3) is 0.312. The second-order valence-electron chi connectivity index (χ2n) is 5.08. The highest BCUT2D eigenvalue weighted by atomic mass is 79.9. The first-order valence-corrected chi connectivity index (χ1v) is 7.91. The Morgan fingerprint density at radius 3 is 2.68 bits per heavy atom. The van der Waals surface area contributed by atoms with Gasteiger partial charge in [0, 0.05) is 11.5 Å². The average Bonchev–Trinajstić information content (AvgIpc) is 2.82. The molecule has 2 rings (SSSR count). The number of ether oxygens (including phenoxy) is 1. The molecule has 118 valence electrons. The number of carbonyl (C=O) groups is 1. The molecule has 0 aliphatic carbocycles. The Hall–Kier alpha value is -1.46. The molecule has 22 heavy (non-hydrogen) atoms. The van der Waals surface area contributed by atoms with Crippen LogP contribution in [-0.4, -0.2) is 24.5 Å². The van der Waals surface area contributed by atoms with Gasteiger partial charge in [-0.1, -0.05) is 27.5 Å². The third-order valence-corrected chi connectivity index (χ3v) is 3.89. The Morgan fingerprint density at radius 1 is 1.36 bits per heavy atom. The zero-order valence-corrected chi connectivity index (χ0v) is 15.0. The minimum absolute atomic E-state index is 0.0710. The molecule has 0 aliphatic heterocycles. The normalized spacial score (nSPS) is 10.6. The van der Waals surface area contributed by atoms with E-state index in [0.717, 1.165) is 21.6 Å². The maximum absolute atomic E-state index is 12.1. The van der Waals surface area contributed by atoms with Crippen LogP contribution in [0.1, 0.15) is 17.1 Å². The summed E-state index contributed by atoms with van der Waals surface area (Å²) in [5.41, 5.74) is 0.872. The van der Waals surface area contributed by atoms with E-state index >= 15 is 0 Å². The Balaban J connectivity index is 1.95. The first kappa shape index (κ1) is 16.9. The van der Waals surface area contributed by atoms with E-state index in [-0.39, 0.29) is 12.5 Å². The van der Waals surface area contributed by atoms with Crippen molar-refractivity contribution in [2.75, 3.05) is 13.7 Å². The smallest absolute Gasteiger partial charge is 0.260 e. The molecule has 1 aromatic carbocycles. The topological polar surface area (TPSA) is 42.7 Å². The van der Waals surface area contributed by atoms with Crippen molar-refractivity contribution >= 4 is 33.4 Å². The van der Waals surface area contributed by atoms with Crippen molar-refractivity contribution in [2.24, 2.45) is 0 Å². The van der Waals surface area contributed by atoms with Crippen LogP contribution in [0.25, 0.3) is 0 Å². The summed E-state index contributed by atoms with van der Waals surface area (Å²) in [6.45, 7) is 4.08. The third kappa shape index (κ3) is 4.27. The van der Waals surface area contributed by atoms with E-state index in [1.165, 1.54) is 0 Å². The van der Waals surface area contributed by atoms with Crippen LogP contribution in [-0.2, 0) is 11.3 Å². The minimum atomic E-state index is -0.146. The Labute approximate surface area is 143 Å². The summed E-state index contributed by atoms with van der Waals surface area (Å²) in [5.74, 6) is 1.95. The molecule has 6 heteroatoms. The van der Waals surface area contributed by atoms with E-state index in [4.69, 9.17) is 20.8 Å². The maximum atomic E-state index is 12.1. The van der Waals surface area contributed by atoms with E-state index in [2.05, 4.69) is 15.9 Å². The summed E-state index contributed by atoms with van der Waals surface area (Å²) in [4.78, 5) is 13.7. The van der Waals surface area contributed by atoms with Crippen molar-refractivity contribution in [3.05, 3.63) is 50.8 Å². The van der Waals surface area contributed by atoms with Gasteiger partial charge in [0.15, 0.2) is 6.61 Å². The van der Waals surface area contributed by atoms with E-state index < -0.39 is 0 Å². The lowest BCUT2D eigenvalue weighted by molar-refractivity contribution is -0.132. The Morgan fingerprint density at radius 2 is 2.09 bits per heavy atom. The molecule has 0 unspecified atom stereocenters. The molecule has 4 nitrogen and oxygen atoms in total. The number of halogens is 2. The second kappa shape index (κ2) is 7.20. The average molecular weight is 387 g/mol. The molecule has 0 saturated heterocycles. The van der Waals surface area contributed by atoms with Crippen molar-refractivity contribution in [3.8, 4) is 5.75 Å². The number of furan rings is 1. The van der Waals surface area contributed by atoms with Gasteiger partial charge in [0.25, 0.3) is 5.91 Å². The first-order chi connectivity index (χ1) is 10.4. The quantitative estimate of drug-likeness (QED) is 0.767. The molecule has 0 N–H and O–H groups in total. The van der Waals surface area contributed by atoms with Gasteiger partial charge in [-0.05, 0) is 43.7 Å². The van der Waals surface area contributed by atoms with Gasteiger partial charge in [-0.2, -0.15) is 0 Å². The number of amides is 1. The fourth-order valence-electron chi connectivity index (χ4n) is 2.01. The van der Waals surface area contributed by atoms with Crippen molar-refractivity contribution in [2.45, 2.75) is 20.4 Å². The standard InChI is InChI=1S/C16H17BrClNO3/c1-10-6-12(17)7-14(18)16(10)21-9-15(20)19(3)8-13-5-4-11(2)22-13/h4-7H,8-9H2,1-3H3. The summed E-state index contributed by atoms with van der Waals surface area (Å²) < 4.78 is 11.9. The van der Waals surface area contributed by atoms with E-state index in [9.17, 15) is 4.79 Å². The van der Waals surface area contributed by atoms with Gasteiger partial charge in [-0.15, -0.1) is 0 Å². The van der Waals surface area contributed by atoms with Crippen LogP contribution < -0.4 is 4.74 Å². The van der Waals surface area contributed by atoms with Crippen molar-refractivity contribution < 1.29 is 13.9 Å². The highest BCUT2D eigenvalue weighted by Gasteiger charge is 2.14. The van der Waals surface area contributed by atoms with Gasteiger partial charge in [0.05, 0.1) is 11.6 Å². The molecule has 0 fully saturated rings. The van der Waals surface area contributed by atoms with Gasteiger partial charge in [-0.25, -0.2) is 0 Å². The molecular weight excluding hydrogens is 370 g/mol. The summed E-state index contributed by atoms with van der Waals surface area (Å²) in [6.07, 6.45) is 0. The Kier molecular flexibility index (Phi) is 5.53. The number of nitrogens with zero attached hydrogens (tertiary/aromatic N) is 1. The van der Waals surface area contributed by atoms with Crippen LogP contribution in [0.4, 0.5) is 0 Å². The van der Waals surface area contributed by atoms with Gasteiger partial charge in [0.2, 0.25) is 0 Å². The van der Waals surface area contributed by atoms with Crippen LogP contribution in [0.15, 0.2) is 33.2 Å². The summed E-state index contributed by atoms with van der Waals surface area (Å²) in [6, 6.07) is 7.36. The first-order valence-electron chi connectivity index (χ1n) is 6.74. The number of hydrogen-bond acceptors (Lipinski definition) is 3. The van der Waals surface area contributed by atoms with Crippen molar-refractivity contribution in [1.82, 2.24) is 4.90 Å². The van der Waals surface area contributed by atoms with Crippen LogP contribution in [0.5, 0.6) is 5.75 Å². The summed E-state index contributed by atoms with van der Waals surface area (Å²) in [7, 11) is 1.71. The lowest BCUT2D eigenvalue weighted by Gasteiger charge is -2.17. The fourth-order valence-corrected chi connectivity index (χ4v) is 3.03. The second-order valence-corrected chi connectivity index (χ2v) is 6.41. The highest BCUT2D eigenvalue weighted by Crippen LogP contribution is 2.31. The predicted octanol–water partition coefficient (Wildman–Crippen LogP) is 4.35. The molecule has 0 bridgehead atoms. The van der Waals surface area contributed by atoms with Crippen LogP contribution >= 0.6 is 27.5 Å². The SMILES string of the molecule is Cc1ccc(CN(C)C(=O)COc2c(C)cc(Br)cc2Cl)o1. The summed E-state index contributed by atoms with van der Waals surface area (Å²) in [5, 5.41) is 0.476. The highest BCUT2D eigenvalue weighted by molar-refractivity contribution is 9.10. The number of aryl methyl sites for hydroxylation is 2. The third-order valence-electron chi connectivity index (χ3n) is 3.15. The van der Waals surface area contributed by atoms with Gasteiger partial charge < -0.3 is 14.1 Å².